The van der Waals surface area contributed by atoms with Crippen molar-refractivity contribution in [3.05, 3.63) is 0 Å². The fraction of sp³-hybridized carbons (Fsp3) is 0.722. The van der Waals surface area contributed by atoms with Crippen molar-refractivity contribution < 1.29 is 28.7 Å². The number of hydrogen-bond acceptors (Lipinski definition) is 6. The van der Waals surface area contributed by atoms with E-state index in [0.29, 0.717) is 13.0 Å². The third kappa shape index (κ3) is 5.20. The van der Waals surface area contributed by atoms with E-state index >= 15 is 0 Å². The highest BCUT2D eigenvalue weighted by Gasteiger charge is 2.48. The molecule has 1 aliphatic heterocycles. The van der Waals surface area contributed by atoms with E-state index in [1.165, 1.54) is 19.1 Å². The SMILES string of the molecule is CNC(=O)C(=O)CNC(=O)C1CC2(CCCCC2)CN1C(=O)CNC(=O)OC. The Morgan fingerprint density at radius 3 is 2.32 bits per heavy atom. The molecule has 2 fully saturated rings. The summed E-state index contributed by atoms with van der Waals surface area (Å²) in [7, 11) is 2.53. The first kappa shape index (κ1) is 21.6. The zero-order valence-electron chi connectivity index (χ0n) is 16.3. The van der Waals surface area contributed by atoms with E-state index in [-0.39, 0.29) is 17.9 Å². The monoisotopic (exact) mass is 396 g/mol. The molecule has 0 aromatic carbocycles. The number of alkyl carbamates (subject to hydrolysis) is 1. The molecule has 4 amide bonds. The summed E-state index contributed by atoms with van der Waals surface area (Å²) in [5, 5.41) is 7.02. The van der Waals surface area contributed by atoms with Gasteiger partial charge in [-0.05, 0) is 24.7 Å². The van der Waals surface area contributed by atoms with Crippen molar-refractivity contribution in [2.24, 2.45) is 5.41 Å². The molecular formula is C18H28N4O6. The lowest BCUT2D eigenvalue weighted by Crippen LogP contribution is -2.50. The van der Waals surface area contributed by atoms with Gasteiger partial charge < -0.3 is 25.6 Å². The van der Waals surface area contributed by atoms with E-state index in [1.54, 1.807) is 0 Å². The minimum Gasteiger partial charge on any atom is -0.453 e. The van der Waals surface area contributed by atoms with Gasteiger partial charge in [0.1, 0.15) is 12.6 Å². The number of likely N-dealkylation sites (tertiary alicyclic amines) is 1. The summed E-state index contributed by atoms with van der Waals surface area (Å²) >= 11 is 0. The van der Waals surface area contributed by atoms with Gasteiger partial charge in [-0.2, -0.15) is 0 Å². The number of nitrogens with one attached hydrogen (secondary N) is 3. The van der Waals surface area contributed by atoms with Gasteiger partial charge in [-0.25, -0.2) is 4.79 Å². The molecular weight excluding hydrogens is 368 g/mol. The van der Waals surface area contributed by atoms with E-state index in [1.807, 2.05) is 0 Å². The summed E-state index contributed by atoms with van der Waals surface area (Å²) in [5.41, 5.74) is -0.119. The van der Waals surface area contributed by atoms with Crippen LogP contribution in [0.5, 0.6) is 0 Å². The molecule has 1 saturated heterocycles. The molecule has 0 aromatic rings. The quantitative estimate of drug-likeness (QED) is 0.510. The van der Waals surface area contributed by atoms with Crippen molar-refractivity contribution >= 4 is 29.6 Å². The highest BCUT2D eigenvalue weighted by atomic mass is 16.5. The Kier molecular flexibility index (Phi) is 7.36. The number of ether oxygens (including phenoxy) is 1. The lowest BCUT2D eigenvalue weighted by molar-refractivity contribution is -0.140. The Hall–Kier alpha value is -2.65. The number of methoxy groups -OCH3 is 1. The highest BCUT2D eigenvalue weighted by molar-refractivity contribution is 6.37. The van der Waals surface area contributed by atoms with Gasteiger partial charge in [0.2, 0.25) is 17.6 Å². The van der Waals surface area contributed by atoms with E-state index in [0.717, 1.165) is 32.1 Å². The molecule has 1 spiro atoms. The largest absolute Gasteiger partial charge is 0.453 e. The fourth-order valence-corrected chi connectivity index (χ4v) is 4.04. The molecule has 0 bridgehead atoms. The summed E-state index contributed by atoms with van der Waals surface area (Å²) in [6, 6.07) is -0.734. The number of likely N-dealkylation sites (N-methyl/N-ethyl adjacent to an activating group) is 1. The Morgan fingerprint density at radius 1 is 1.04 bits per heavy atom. The van der Waals surface area contributed by atoms with E-state index in [9.17, 15) is 24.0 Å². The van der Waals surface area contributed by atoms with Crippen LogP contribution in [0.3, 0.4) is 0 Å². The third-order valence-electron chi connectivity index (χ3n) is 5.52. The molecule has 3 N–H and O–H groups in total. The maximum atomic E-state index is 12.7. The molecule has 10 heteroatoms. The van der Waals surface area contributed by atoms with Crippen LogP contribution in [-0.2, 0) is 23.9 Å². The van der Waals surface area contributed by atoms with Crippen LogP contribution in [0.15, 0.2) is 0 Å². The molecule has 1 saturated carbocycles. The van der Waals surface area contributed by atoms with Crippen LogP contribution in [0.4, 0.5) is 4.79 Å². The van der Waals surface area contributed by atoms with E-state index in [2.05, 4.69) is 20.7 Å². The molecule has 10 nitrogen and oxygen atoms in total. The summed E-state index contributed by atoms with van der Waals surface area (Å²) in [6.07, 6.45) is 4.88. The molecule has 0 aromatic heterocycles. The summed E-state index contributed by atoms with van der Waals surface area (Å²) in [6.45, 7) is -0.260. The van der Waals surface area contributed by atoms with Crippen LogP contribution in [0.25, 0.3) is 0 Å². The lowest BCUT2D eigenvalue weighted by Gasteiger charge is -2.33. The summed E-state index contributed by atoms with van der Waals surface area (Å²) in [5.74, 6) is -2.39. The second kappa shape index (κ2) is 9.52. The molecule has 0 radical (unpaired) electrons. The van der Waals surface area contributed by atoms with Crippen LogP contribution < -0.4 is 16.0 Å². The van der Waals surface area contributed by atoms with Crippen molar-refractivity contribution in [1.82, 2.24) is 20.9 Å². The number of Topliss-reactive ketones (excluding diaryl/α,β-unsaturated/α-hetero) is 1. The number of ketones is 1. The number of amides is 4. The first-order chi connectivity index (χ1) is 13.3. The Balaban J connectivity index is 2.06. The number of carbonyl (C=O) groups is 5. The Labute approximate surface area is 163 Å². The Morgan fingerprint density at radius 2 is 1.71 bits per heavy atom. The molecule has 1 aliphatic carbocycles. The van der Waals surface area contributed by atoms with Gasteiger partial charge in [0.25, 0.3) is 5.91 Å². The first-order valence-corrected chi connectivity index (χ1v) is 9.46. The number of rotatable bonds is 6. The normalized spacial score (nSPS) is 20.4. The maximum absolute atomic E-state index is 12.7. The van der Waals surface area contributed by atoms with Crippen LogP contribution in [0.2, 0.25) is 0 Å². The fourth-order valence-electron chi connectivity index (χ4n) is 4.04. The third-order valence-corrected chi connectivity index (χ3v) is 5.52. The lowest BCUT2D eigenvalue weighted by atomic mass is 9.72. The summed E-state index contributed by atoms with van der Waals surface area (Å²) in [4.78, 5) is 61.0. The zero-order chi connectivity index (χ0) is 20.7. The van der Waals surface area contributed by atoms with Crippen molar-refractivity contribution in [1.29, 1.82) is 0 Å². The smallest absolute Gasteiger partial charge is 0.407 e. The number of nitrogens with zero attached hydrogens (tertiary/aromatic N) is 1. The average Bonchev–Trinajstić information content (AvgIpc) is 3.08. The van der Waals surface area contributed by atoms with Gasteiger partial charge in [0, 0.05) is 13.6 Å². The van der Waals surface area contributed by atoms with Gasteiger partial charge in [-0.15, -0.1) is 0 Å². The van der Waals surface area contributed by atoms with Crippen LogP contribution in [0, 0.1) is 5.41 Å². The van der Waals surface area contributed by atoms with Crippen molar-refractivity contribution in [3.63, 3.8) is 0 Å². The molecule has 2 aliphatic rings. The van der Waals surface area contributed by atoms with Crippen molar-refractivity contribution in [3.8, 4) is 0 Å². The molecule has 2 rings (SSSR count). The van der Waals surface area contributed by atoms with Gasteiger partial charge in [-0.1, -0.05) is 19.3 Å². The minimum absolute atomic E-state index is 0.119. The van der Waals surface area contributed by atoms with Crippen LogP contribution in [-0.4, -0.2) is 74.3 Å². The Bertz CT molecular complexity index is 644. The molecule has 1 heterocycles. The van der Waals surface area contributed by atoms with Gasteiger partial charge in [0.05, 0.1) is 13.7 Å². The molecule has 156 valence electrons. The molecule has 28 heavy (non-hydrogen) atoms. The minimum atomic E-state index is -0.786. The van der Waals surface area contributed by atoms with E-state index in [4.69, 9.17) is 0 Å². The van der Waals surface area contributed by atoms with E-state index < -0.39 is 36.3 Å². The number of carbonyl (C=O) groups excluding carboxylic acids is 5. The second-order valence-corrected chi connectivity index (χ2v) is 7.37. The van der Waals surface area contributed by atoms with Crippen LogP contribution >= 0.6 is 0 Å². The van der Waals surface area contributed by atoms with Crippen molar-refractivity contribution in [2.75, 3.05) is 33.8 Å². The van der Waals surface area contributed by atoms with Gasteiger partial charge in [-0.3, -0.25) is 19.2 Å². The highest BCUT2D eigenvalue weighted by Crippen LogP contribution is 2.46. The standard InChI is InChI=1S/C18H28N4O6/c1-19-16(26)13(23)9-20-15(25)12-8-18(6-4-3-5-7-18)11-22(12)14(24)10-21-17(27)28-2/h12H,3-11H2,1-2H3,(H,19,26)(H,20,25)(H,21,27). The predicted octanol–water partition coefficient (Wildman–Crippen LogP) is -0.675. The first-order valence-electron chi connectivity index (χ1n) is 9.46. The topological polar surface area (TPSA) is 134 Å². The van der Waals surface area contributed by atoms with Crippen LogP contribution in [0.1, 0.15) is 38.5 Å². The summed E-state index contributed by atoms with van der Waals surface area (Å²) < 4.78 is 4.47. The number of hydrogen-bond donors (Lipinski definition) is 3. The predicted molar refractivity (Wildman–Crippen MR) is 98.1 cm³/mol. The zero-order valence-corrected chi connectivity index (χ0v) is 16.3. The second-order valence-electron chi connectivity index (χ2n) is 7.37. The average molecular weight is 396 g/mol. The van der Waals surface area contributed by atoms with Gasteiger partial charge in [0.15, 0.2) is 0 Å². The molecule has 1 unspecified atom stereocenters. The van der Waals surface area contributed by atoms with Gasteiger partial charge >= 0.3 is 6.09 Å². The maximum Gasteiger partial charge on any atom is 0.407 e. The van der Waals surface area contributed by atoms with Crippen molar-refractivity contribution in [2.45, 2.75) is 44.6 Å². The molecule has 1 atom stereocenters.